The van der Waals surface area contributed by atoms with Crippen LogP contribution in [0.2, 0.25) is 5.02 Å². The molecule has 0 atom stereocenters. The molecule has 0 aliphatic heterocycles. The van der Waals surface area contributed by atoms with Crippen LogP contribution in [0.25, 0.3) is 0 Å². The Labute approximate surface area is 318 Å². The number of hydrogen-bond donors (Lipinski definition) is 1. The number of sulfonamides is 1. The predicted molar refractivity (Wildman–Crippen MR) is 191 cm³/mol. The Morgan fingerprint density at radius 1 is 0.818 bits per heavy atom. The monoisotopic (exact) mass is 808 g/mol. The summed E-state index contributed by atoms with van der Waals surface area (Å²) < 4.78 is 121. The van der Waals surface area contributed by atoms with E-state index in [0.717, 1.165) is 59.9 Å². The van der Waals surface area contributed by atoms with E-state index in [0.29, 0.717) is 17.4 Å². The van der Waals surface area contributed by atoms with E-state index in [9.17, 15) is 40.7 Å². The molecule has 0 saturated heterocycles. The fourth-order valence-electron chi connectivity index (χ4n) is 6.12. The van der Waals surface area contributed by atoms with Crippen LogP contribution in [-0.4, -0.2) is 42.9 Å². The largest absolute Gasteiger partial charge is 0.491 e. The van der Waals surface area contributed by atoms with Crippen molar-refractivity contribution in [2.75, 3.05) is 18.1 Å². The van der Waals surface area contributed by atoms with Gasteiger partial charge in [0.05, 0.1) is 30.9 Å². The van der Waals surface area contributed by atoms with E-state index >= 15 is 8.78 Å². The molecule has 0 bridgehead atoms. The third-order valence-corrected chi connectivity index (χ3v) is 11.5. The number of carboxylic acid groups (broad SMARTS) is 1. The SMILES string of the molecule is CC(C)COc1cc(C(=O)O)ccc1N(Cc1cc(C2CC2)cc(C2CC2)c1)C(=O)CN(Cc1ccc(F)cc1Cl)S(=O)(=O)c1c(F)c(F)c(F)c(F)c1F. The van der Waals surface area contributed by atoms with Crippen molar-refractivity contribution in [1.29, 1.82) is 0 Å². The van der Waals surface area contributed by atoms with Gasteiger partial charge in [-0.2, -0.15) is 4.31 Å². The van der Waals surface area contributed by atoms with Crippen molar-refractivity contribution in [2.45, 2.75) is 69.4 Å². The molecular weight excluding hydrogens is 774 g/mol. The minimum atomic E-state index is -5.77. The van der Waals surface area contributed by atoms with Crippen LogP contribution in [0.15, 0.2) is 59.5 Å². The summed E-state index contributed by atoms with van der Waals surface area (Å²) in [4.78, 5) is 25.5. The first kappa shape index (κ1) is 40.1. The van der Waals surface area contributed by atoms with Gasteiger partial charge in [-0.15, -0.1) is 0 Å². The van der Waals surface area contributed by atoms with Crippen LogP contribution in [0.4, 0.5) is 32.0 Å². The summed E-state index contributed by atoms with van der Waals surface area (Å²) in [7, 11) is -5.77. The number of carbonyl (C=O) groups is 2. The van der Waals surface area contributed by atoms with Crippen molar-refractivity contribution in [2.24, 2.45) is 5.92 Å². The van der Waals surface area contributed by atoms with Crippen LogP contribution in [0, 0.1) is 40.8 Å². The van der Waals surface area contributed by atoms with Gasteiger partial charge in [-0.1, -0.05) is 49.7 Å². The van der Waals surface area contributed by atoms with Gasteiger partial charge in [-0.3, -0.25) is 4.79 Å². The summed E-state index contributed by atoms with van der Waals surface area (Å²) >= 11 is 6.18. The Hall–Kier alpha value is -4.60. The van der Waals surface area contributed by atoms with Gasteiger partial charge in [-0.25, -0.2) is 39.6 Å². The number of carboxylic acids is 1. The first-order valence-electron chi connectivity index (χ1n) is 17.4. The lowest BCUT2D eigenvalue weighted by molar-refractivity contribution is -0.119. The van der Waals surface area contributed by atoms with Gasteiger partial charge in [0.1, 0.15) is 11.6 Å². The number of benzene rings is 4. The van der Waals surface area contributed by atoms with E-state index in [1.165, 1.54) is 18.2 Å². The summed E-state index contributed by atoms with van der Waals surface area (Å²) in [6, 6.07) is 12.4. The molecule has 0 spiro atoms. The van der Waals surface area contributed by atoms with Crippen LogP contribution < -0.4 is 9.64 Å². The Morgan fingerprint density at radius 2 is 1.40 bits per heavy atom. The van der Waals surface area contributed by atoms with Crippen molar-refractivity contribution >= 4 is 39.2 Å². The quantitative estimate of drug-likeness (QED) is 0.0731. The molecule has 2 fully saturated rings. The minimum absolute atomic E-state index is 0.00819. The Bertz CT molecular complexity index is 2220. The first-order valence-corrected chi connectivity index (χ1v) is 19.2. The summed E-state index contributed by atoms with van der Waals surface area (Å²) in [5.41, 5.74) is 2.37. The molecule has 1 amide bonds. The van der Waals surface area contributed by atoms with Gasteiger partial charge in [0, 0.05) is 11.6 Å². The zero-order chi connectivity index (χ0) is 39.9. The van der Waals surface area contributed by atoms with Gasteiger partial charge >= 0.3 is 5.97 Å². The second kappa shape index (κ2) is 15.9. The highest BCUT2D eigenvalue weighted by molar-refractivity contribution is 7.89. The Morgan fingerprint density at radius 3 is 1.93 bits per heavy atom. The standard InChI is InChI=1S/C39H35ClF6N2O6S/c1-20(2)19-54-31-14-24(39(50)51)8-10-30(31)48(16-21-11-26(22-3-4-22)13-27(12-21)23-5-6-23)32(49)18-47(17-25-7-9-28(41)15-29(25)40)55(52,53)38-36(45)34(43)33(42)35(44)37(38)46/h7-15,20,22-23H,3-6,16-19H2,1-2H3,(H,50,51). The highest BCUT2D eigenvalue weighted by Crippen LogP contribution is 2.46. The number of hydrogen-bond acceptors (Lipinski definition) is 5. The lowest BCUT2D eigenvalue weighted by Gasteiger charge is -2.29. The molecule has 4 aromatic rings. The number of aromatic carboxylic acids is 1. The van der Waals surface area contributed by atoms with E-state index < -0.39 is 74.8 Å². The average molecular weight is 809 g/mol. The number of rotatable bonds is 15. The maximum atomic E-state index is 15.1. The fraction of sp³-hybridized carbons (Fsp3) is 0.333. The Balaban J connectivity index is 1.49. The molecule has 6 rings (SSSR count). The molecule has 1 N–H and O–H groups in total. The maximum Gasteiger partial charge on any atom is 0.335 e. The zero-order valence-corrected chi connectivity index (χ0v) is 31.1. The second-order valence-electron chi connectivity index (χ2n) is 14.1. The molecular formula is C39H35ClF6N2O6S. The molecule has 2 saturated carbocycles. The van der Waals surface area contributed by atoms with Crippen LogP contribution in [-0.2, 0) is 27.9 Å². The molecule has 55 heavy (non-hydrogen) atoms. The normalized spacial score (nSPS) is 14.5. The molecule has 0 aromatic heterocycles. The summed E-state index contributed by atoms with van der Waals surface area (Å²) in [5, 5.41) is 9.39. The van der Waals surface area contributed by atoms with Crippen molar-refractivity contribution < 1.29 is 54.2 Å². The van der Waals surface area contributed by atoms with Gasteiger partial charge in [-0.05, 0) is 96.0 Å². The fourth-order valence-corrected chi connectivity index (χ4v) is 7.82. The highest BCUT2D eigenvalue weighted by Gasteiger charge is 2.39. The molecule has 0 unspecified atom stereocenters. The third-order valence-electron chi connectivity index (χ3n) is 9.29. The average Bonchev–Trinajstić information content (AvgIpc) is 4.06. The Kier molecular flexibility index (Phi) is 11.6. The molecule has 2 aliphatic rings. The second-order valence-corrected chi connectivity index (χ2v) is 16.4. The number of amides is 1. The van der Waals surface area contributed by atoms with Gasteiger partial charge in [0.25, 0.3) is 0 Å². The number of ether oxygens (including phenoxy) is 1. The van der Waals surface area contributed by atoms with Crippen molar-refractivity contribution in [3.8, 4) is 5.75 Å². The van der Waals surface area contributed by atoms with Crippen molar-refractivity contribution in [1.82, 2.24) is 4.31 Å². The van der Waals surface area contributed by atoms with Crippen molar-refractivity contribution in [3.05, 3.63) is 122 Å². The lowest BCUT2D eigenvalue weighted by atomic mass is 9.99. The molecule has 16 heteroatoms. The van der Waals surface area contributed by atoms with Crippen LogP contribution in [0.5, 0.6) is 5.75 Å². The maximum absolute atomic E-state index is 15.1. The van der Waals surface area contributed by atoms with Gasteiger partial charge in [0.15, 0.2) is 28.2 Å². The molecule has 292 valence electrons. The van der Waals surface area contributed by atoms with E-state index in [4.69, 9.17) is 16.3 Å². The third kappa shape index (κ3) is 8.79. The van der Waals surface area contributed by atoms with Crippen LogP contribution >= 0.6 is 11.6 Å². The van der Waals surface area contributed by atoms with Gasteiger partial charge < -0.3 is 14.7 Å². The topological polar surface area (TPSA) is 104 Å². The molecule has 4 aromatic carbocycles. The number of anilines is 1. The van der Waals surface area contributed by atoms with Crippen LogP contribution in [0.3, 0.4) is 0 Å². The lowest BCUT2D eigenvalue weighted by Crippen LogP contribution is -2.43. The first-order chi connectivity index (χ1) is 26.0. The number of nitrogens with zero attached hydrogens (tertiary/aromatic N) is 2. The molecule has 0 heterocycles. The van der Waals surface area contributed by atoms with Crippen molar-refractivity contribution in [3.63, 3.8) is 0 Å². The zero-order valence-electron chi connectivity index (χ0n) is 29.5. The summed E-state index contributed by atoms with van der Waals surface area (Å²) in [6.07, 6.45) is 3.88. The summed E-state index contributed by atoms with van der Waals surface area (Å²) in [6.45, 7) is 1.27. The van der Waals surface area contributed by atoms with Gasteiger partial charge in [0.2, 0.25) is 21.7 Å². The predicted octanol–water partition coefficient (Wildman–Crippen LogP) is 9.09. The van der Waals surface area contributed by atoms with E-state index in [2.05, 4.69) is 6.07 Å². The number of carbonyl (C=O) groups excluding carboxylic acids is 1. The van der Waals surface area contributed by atoms with E-state index in [1.807, 2.05) is 26.0 Å². The molecule has 0 radical (unpaired) electrons. The molecule has 2 aliphatic carbocycles. The van der Waals surface area contributed by atoms with Crippen LogP contribution in [0.1, 0.15) is 84.0 Å². The minimum Gasteiger partial charge on any atom is -0.491 e. The highest BCUT2D eigenvalue weighted by atomic mass is 35.5. The molecule has 8 nitrogen and oxygen atoms in total. The van der Waals surface area contributed by atoms with E-state index in [1.54, 1.807) is 0 Å². The summed E-state index contributed by atoms with van der Waals surface area (Å²) in [5.74, 6) is -15.7. The van der Waals surface area contributed by atoms with E-state index in [-0.39, 0.29) is 51.0 Å². The number of halogens is 7. The smallest absolute Gasteiger partial charge is 0.335 e.